The fraction of sp³-hybridized carbons (Fsp3) is 0.0909. The molecule has 2 aromatic rings. The summed E-state index contributed by atoms with van der Waals surface area (Å²) in [7, 11) is 1.75. The van der Waals surface area contributed by atoms with E-state index < -0.39 is 5.97 Å². The molecule has 88 valence electrons. The van der Waals surface area contributed by atoms with Crippen LogP contribution in [0.3, 0.4) is 0 Å². The normalized spacial score (nSPS) is 10.2. The van der Waals surface area contributed by atoms with Crippen LogP contribution in [-0.2, 0) is 0 Å². The number of nitrogens with zero attached hydrogens (tertiary/aromatic N) is 2. The first-order valence-corrected chi connectivity index (χ1v) is 5.58. The number of hydrogen-bond donors (Lipinski definition) is 1. The van der Waals surface area contributed by atoms with Crippen molar-refractivity contribution in [2.45, 2.75) is 0 Å². The molecule has 2 rings (SSSR count). The molecular weight excluding hydrogens is 243 g/mol. The van der Waals surface area contributed by atoms with E-state index in [1.165, 1.54) is 18.3 Å². The Labute approximate surface area is 101 Å². The first kappa shape index (κ1) is 11.5. The minimum atomic E-state index is -0.999. The lowest BCUT2D eigenvalue weighted by molar-refractivity contribution is 0.0702. The molecule has 0 saturated carbocycles. The van der Waals surface area contributed by atoms with Crippen molar-refractivity contribution in [3.8, 4) is 0 Å². The summed E-state index contributed by atoms with van der Waals surface area (Å²) in [4.78, 5) is 16.6. The first-order valence-electron chi connectivity index (χ1n) is 4.76. The molecule has 1 heterocycles. The molecule has 6 heteroatoms. The highest BCUT2D eigenvalue weighted by Crippen LogP contribution is 2.27. The lowest BCUT2D eigenvalue weighted by atomic mass is 10.3. The Morgan fingerprint density at radius 1 is 1.41 bits per heavy atom. The van der Waals surface area contributed by atoms with Gasteiger partial charge in [0.05, 0.1) is 6.20 Å². The van der Waals surface area contributed by atoms with Gasteiger partial charge in [-0.1, -0.05) is 11.3 Å². The maximum absolute atomic E-state index is 12.8. The summed E-state index contributed by atoms with van der Waals surface area (Å²) in [6.45, 7) is 0. The zero-order chi connectivity index (χ0) is 12.4. The Morgan fingerprint density at radius 3 is 2.59 bits per heavy atom. The van der Waals surface area contributed by atoms with Crippen LogP contribution in [0.4, 0.5) is 15.2 Å². The van der Waals surface area contributed by atoms with Gasteiger partial charge in [-0.25, -0.2) is 14.2 Å². The second-order valence-electron chi connectivity index (χ2n) is 3.35. The molecule has 0 unspecified atom stereocenters. The fourth-order valence-electron chi connectivity index (χ4n) is 1.29. The van der Waals surface area contributed by atoms with E-state index >= 15 is 0 Å². The lowest BCUT2D eigenvalue weighted by Gasteiger charge is -2.15. The second-order valence-corrected chi connectivity index (χ2v) is 4.36. The molecule has 0 saturated heterocycles. The number of rotatable bonds is 3. The molecule has 17 heavy (non-hydrogen) atoms. The van der Waals surface area contributed by atoms with Gasteiger partial charge < -0.3 is 10.0 Å². The van der Waals surface area contributed by atoms with Crippen LogP contribution in [0, 0.1) is 5.82 Å². The van der Waals surface area contributed by atoms with Crippen molar-refractivity contribution in [3.05, 3.63) is 41.2 Å². The molecule has 0 aliphatic heterocycles. The van der Waals surface area contributed by atoms with Gasteiger partial charge in [0.25, 0.3) is 0 Å². The smallest absolute Gasteiger partial charge is 0.347 e. The van der Waals surface area contributed by atoms with Gasteiger partial charge in [-0.2, -0.15) is 0 Å². The highest BCUT2D eigenvalue weighted by molar-refractivity contribution is 7.17. The molecule has 1 N–H and O–H groups in total. The van der Waals surface area contributed by atoms with E-state index in [1.54, 1.807) is 24.1 Å². The summed E-state index contributed by atoms with van der Waals surface area (Å²) < 4.78 is 12.8. The summed E-state index contributed by atoms with van der Waals surface area (Å²) in [6, 6.07) is 5.91. The van der Waals surface area contributed by atoms with E-state index in [-0.39, 0.29) is 10.7 Å². The summed E-state index contributed by atoms with van der Waals surface area (Å²) in [5.74, 6) is -1.31. The fourth-order valence-corrected chi connectivity index (χ4v) is 2.03. The number of thiazole rings is 1. The molecule has 0 bridgehead atoms. The summed E-state index contributed by atoms with van der Waals surface area (Å²) in [5.41, 5.74) is 0.748. The van der Waals surface area contributed by atoms with Crippen LogP contribution in [-0.4, -0.2) is 23.1 Å². The highest BCUT2D eigenvalue weighted by atomic mass is 32.1. The number of aromatic nitrogens is 1. The van der Waals surface area contributed by atoms with Crippen LogP contribution in [0.5, 0.6) is 0 Å². The minimum Gasteiger partial charge on any atom is -0.477 e. The molecule has 0 spiro atoms. The van der Waals surface area contributed by atoms with Gasteiger partial charge >= 0.3 is 5.97 Å². The third-order valence-corrected chi connectivity index (χ3v) is 3.27. The SMILES string of the molecule is CN(c1ccc(F)cc1)c1ncc(C(=O)O)s1. The standard InChI is InChI=1S/C11H9FN2O2S/c1-14(8-4-2-7(12)3-5-8)11-13-6-9(17-11)10(15)16/h2-6H,1H3,(H,15,16). The van der Waals surface area contributed by atoms with Crippen LogP contribution < -0.4 is 4.90 Å². The van der Waals surface area contributed by atoms with Crippen molar-refractivity contribution in [2.24, 2.45) is 0 Å². The number of aromatic carboxylic acids is 1. The molecule has 0 radical (unpaired) electrons. The average Bonchev–Trinajstić information content (AvgIpc) is 2.78. The Kier molecular flexibility index (Phi) is 3.06. The number of carboxylic acids is 1. The zero-order valence-electron chi connectivity index (χ0n) is 8.92. The first-order chi connectivity index (χ1) is 8.08. The minimum absolute atomic E-state index is 0.175. The van der Waals surface area contributed by atoms with E-state index in [2.05, 4.69) is 4.98 Å². The molecule has 0 atom stereocenters. The molecular formula is C11H9FN2O2S. The maximum atomic E-state index is 12.8. The van der Waals surface area contributed by atoms with Crippen molar-refractivity contribution in [1.29, 1.82) is 0 Å². The number of benzene rings is 1. The van der Waals surface area contributed by atoms with Crippen molar-refractivity contribution in [2.75, 3.05) is 11.9 Å². The number of hydrogen-bond acceptors (Lipinski definition) is 4. The Balaban J connectivity index is 2.27. The molecule has 0 fully saturated rings. The molecule has 0 aliphatic rings. The Morgan fingerprint density at radius 2 is 2.06 bits per heavy atom. The molecule has 0 aliphatic carbocycles. The maximum Gasteiger partial charge on any atom is 0.347 e. The van der Waals surface area contributed by atoms with Gasteiger partial charge in [-0.15, -0.1) is 0 Å². The van der Waals surface area contributed by atoms with Crippen molar-refractivity contribution >= 4 is 28.1 Å². The summed E-state index contributed by atoms with van der Waals surface area (Å²) in [6.07, 6.45) is 1.31. The van der Waals surface area contributed by atoms with Crippen molar-refractivity contribution in [1.82, 2.24) is 4.98 Å². The van der Waals surface area contributed by atoms with E-state index in [0.717, 1.165) is 17.0 Å². The van der Waals surface area contributed by atoms with E-state index in [1.807, 2.05) is 0 Å². The van der Waals surface area contributed by atoms with Gasteiger partial charge in [0.15, 0.2) is 5.13 Å². The van der Waals surface area contributed by atoms with E-state index in [4.69, 9.17) is 5.11 Å². The third-order valence-electron chi connectivity index (χ3n) is 2.21. The number of halogens is 1. The predicted molar refractivity (Wildman–Crippen MR) is 63.5 cm³/mol. The Bertz CT molecular complexity index is 539. The van der Waals surface area contributed by atoms with Gasteiger partial charge in [-0.05, 0) is 24.3 Å². The molecule has 4 nitrogen and oxygen atoms in total. The predicted octanol–water partition coefficient (Wildman–Crippen LogP) is 2.75. The van der Waals surface area contributed by atoms with E-state index in [0.29, 0.717) is 5.13 Å². The van der Waals surface area contributed by atoms with Crippen molar-refractivity contribution < 1.29 is 14.3 Å². The summed E-state index contributed by atoms with van der Waals surface area (Å²) in [5, 5.41) is 9.34. The molecule has 0 amide bonds. The van der Waals surface area contributed by atoms with Crippen LogP contribution in [0.25, 0.3) is 0 Å². The number of carboxylic acid groups (broad SMARTS) is 1. The molecule has 1 aromatic carbocycles. The second kappa shape index (κ2) is 4.50. The van der Waals surface area contributed by atoms with Crippen LogP contribution >= 0.6 is 11.3 Å². The molecule has 1 aromatic heterocycles. The van der Waals surface area contributed by atoms with Crippen LogP contribution in [0.2, 0.25) is 0 Å². The lowest BCUT2D eigenvalue weighted by Crippen LogP contribution is -2.08. The number of anilines is 2. The van der Waals surface area contributed by atoms with Gasteiger partial charge in [0.1, 0.15) is 10.7 Å². The van der Waals surface area contributed by atoms with Gasteiger partial charge in [0.2, 0.25) is 0 Å². The van der Waals surface area contributed by atoms with Crippen LogP contribution in [0.15, 0.2) is 30.5 Å². The zero-order valence-corrected chi connectivity index (χ0v) is 9.74. The quantitative estimate of drug-likeness (QED) is 0.912. The monoisotopic (exact) mass is 252 g/mol. The van der Waals surface area contributed by atoms with E-state index in [9.17, 15) is 9.18 Å². The summed E-state index contributed by atoms with van der Waals surface area (Å²) >= 11 is 1.07. The van der Waals surface area contributed by atoms with Gasteiger partial charge in [0, 0.05) is 12.7 Å². The average molecular weight is 252 g/mol. The Hall–Kier alpha value is -1.95. The topological polar surface area (TPSA) is 53.4 Å². The highest BCUT2D eigenvalue weighted by Gasteiger charge is 2.12. The largest absolute Gasteiger partial charge is 0.477 e. The van der Waals surface area contributed by atoms with Gasteiger partial charge in [-0.3, -0.25) is 0 Å². The van der Waals surface area contributed by atoms with Crippen LogP contribution in [0.1, 0.15) is 9.67 Å². The third kappa shape index (κ3) is 2.42. The van der Waals surface area contributed by atoms with Crippen molar-refractivity contribution in [3.63, 3.8) is 0 Å². The number of carbonyl (C=O) groups is 1.